The molecule has 0 aliphatic heterocycles. The maximum Gasteiger partial charge on any atom is 0.0417 e. The molecule has 1 aromatic carbocycles. The van der Waals surface area contributed by atoms with Gasteiger partial charge in [-0.15, -0.1) is 18.3 Å². The second-order valence-electron chi connectivity index (χ2n) is 3.92. The lowest BCUT2D eigenvalue weighted by Gasteiger charge is -2.15. The summed E-state index contributed by atoms with van der Waals surface area (Å²) in [7, 11) is 1.99. The molecule has 0 saturated carbocycles. The molecule has 0 aliphatic carbocycles. The van der Waals surface area contributed by atoms with Crippen molar-refractivity contribution in [3.8, 4) is 0 Å². The van der Waals surface area contributed by atoms with Crippen LogP contribution in [0.2, 0.25) is 5.02 Å². The van der Waals surface area contributed by atoms with Gasteiger partial charge in [-0.1, -0.05) is 23.2 Å². The van der Waals surface area contributed by atoms with Gasteiger partial charge in [0.1, 0.15) is 0 Å². The van der Waals surface area contributed by atoms with Crippen LogP contribution in [0, 0.1) is 0 Å². The van der Waals surface area contributed by atoms with Crippen molar-refractivity contribution in [1.82, 2.24) is 5.32 Å². The quantitative estimate of drug-likeness (QED) is 0.610. The minimum absolute atomic E-state index is 0.474. The lowest BCUT2D eigenvalue weighted by Crippen LogP contribution is -2.27. The molecule has 0 spiro atoms. The first-order chi connectivity index (χ1) is 7.61. The zero-order valence-electron chi connectivity index (χ0n) is 9.79. The van der Waals surface area contributed by atoms with E-state index in [0.29, 0.717) is 6.04 Å². The van der Waals surface area contributed by atoms with E-state index in [1.54, 1.807) is 0 Å². The summed E-state index contributed by atoms with van der Waals surface area (Å²) >= 11 is 7.76. The van der Waals surface area contributed by atoms with Gasteiger partial charge < -0.3 is 5.32 Å². The van der Waals surface area contributed by atoms with Gasteiger partial charge in [-0.25, -0.2) is 0 Å². The van der Waals surface area contributed by atoms with Crippen LogP contribution in [0.15, 0.2) is 41.3 Å². The van der Waals surface area contributed by atoms with Crippen molar-refractivity contribution < 1.29 is 0 Å². The fourth-order valence-corrected chi connectivity index (χ4v) is 2.74. The maximum atomic E-state index is 5.94. The first kappa shape index (κ1) is 13.6. The molecule has 0 aliphatic rings. The van der Waals surface area contributed by atoms with Gasteiger partial charge in [0, 0.05) is 21.7 Å². The lowest BCUT2D eigenvalue weighted by atomic mass is 10.1. The van der Waals surface area contributed by atoms with E-state index in [9.17, 15) is 0 Å². The Balaban J connectivity index is 2.46. The van der Waals surface area contributed by atoms with Crippen LogP contribution in [0.4, 0.5) is 0 Å². The summed E-state index contributed by atoms with van der Waals surface area (Å²) in [6.07, 6.45) is 1.02. The summed E-state index contributed by atoms with van der Waals surface area (Å²) < 4.78 is 0. The van der Waals surface area contributed by atoms with Crippen LogP contribution in [0.1, 0.15) is 13.3 Å². The van der Waals surface area contributed by atoms with Crippen LogP contribution >= 0.6 is 23.4 Å². The molecule has 1 rings (SSSR count). The molecule has 3 heteroatoms. The van der Waals surface area contributed by atoms with Crippen molar-refractivity contribution in [2.24, 2.45) is 0 Å². The van der Waals surface area contributed by atoms with E-state index in [1.165, 1.54) is 10.5 Å². The fraction of sp³-hybridized carbons (Fsp3) is 0.385. The minimum Gasteiger partial charge on any atom is -0.316 e. The van der Waals surface area contributed by atoms with Crippen LogP contribution < -0.4 is 5.32 Å². The number of hydrogen-bond acceptors (Lipinski definition) is 2. The molecule has 0 radical (unpaired) electrons. The predicted octanol–water partition coefficient (Wildman–Crippen LogP) is 3.99. The van der Waals surface area contributed by atoms with Gasteiger partial charge in [0.25, 0.3) is 0 Å². The van der Waals surface area contributed by atoms with E-state index >= 15 is 0 Å². The molecule has 0 saturated heterocycles. The topological polar surface area (TPSA) is 12.0 Å². The molecule has 16 heavy (non-hydrogen) atoms. The third kappa shape index (κ3) is 5.06. The molecule has 1 N–H and O–H groups in total. The summed E-state index contributed by atoms with van der Waals surface area (Å²) in [6.45, 7) is 6.01. The lowest BCUT2D eigenvalue weighted by molar-refractivity contribution is 0.615. The Hall–Kier alpha value is -0.440. The molecular weight excluding hydrogens is 238 g/mol. The smallest absolute Gasteiger partial charge is 0.0417 e. The Morgan fingerprint density at radius 2 is 2.31 bits per heavy atom. The number of halogens is 1. The van der Waals surface area contributed by atoms with E-state index in [2.05, 4.69) is 24.9 Å². The average Bonchev–Trinajstić information content (AvgIpc) is 2.24. The van der Waals surface area contributed by atoms with Crippen molar-refractivity contribution in [1.29, 1.82) is 0 Å². The Bertz CT molecular complexity index is 352. The SMILES string of the molecule is C=C(C)CC(CSc1cccc(Cl)c1)NC. The largest absolute Gasteiger partial charge is 0.316 e. The highest BCUT2D eigenvalue weighted by atomic mass is 35.5. The van der Waals surface area contributed by atoms with E-state index in [4.69, 9.17) is 11.6 Å². The van der Waals surface area contributed by atoms with Crippen LogP contribution in [-0.4, -0.2) is 18.8 Å². The van der Waals surface area contributed by atoms with Gasteiger partial charge in [-0.2, -0.15) is 0 Å². The second kappa shape index (κ2) is 7.00. The normalized spacial score (nSPS) is 12.4. The minimum atomic E-state index is 0.474. The van der Waals surface area contributed by atoms with E-state index < -0.39 is 0 Å². The summed E-state index contributed by atoms with van der Waals surface area (Å²) in [5, 5.41) is 4.10. The molecule has 1 nitrogen and oxygen atoms in total. The molecule has 0 fully saturated rings. The Kier molecular flexibility index (Phi) is 5.96. The average molecular weight is 256 g/mol. The highest BCUT2D eigenvalue weighted by molar-refractivity contribution is 7.99. The zero-order valence-corrected chi connectivity index (χ0v) is 11.4. The molecule has 0 aromatic heterocycles. The van der Waals surface area contributed by atoms with Gasteiger partial charge in [0.2, 0.25) is 0 Å². The highest BCUT2D eigenvalue weighted by Gasteiger charge is 2.06. The third-order valence-corrected chi connectivity index (χ3v) is 3.64. The number of hydrogen-bond donors (Lipinski definition) is 1. The van der Waals surface area contributed by atoms with Gasteiger partial charge in [-0.05, 0) is 38.6 Å². The summed E-state index contributed by atoms with van der Waals surface area (Å²) in [5.41, 5.74) is 1.21. The Morgan fingerprint density at radius 3 is 2.88 bits per heavy atom. The summed E-state index contributed by atoms with van der Waals surface area (Å²) in [6, 6.07) is 8.44. The van der Waals surface area contributed by atoms with Crippen molar-refractivity contribution in [3.05, 3.63) is 41.4 Å². The van der Waals surface area contributed by atoms with Gasteiger partial charge in [0.05, 0.1) is 0 Å². The zero-order chi connectivity index (χ0) is 12.0. The first-order valence-corrected chi connectivity index (χ1v) is 6.68. The van der Waals surface area contributed by atoms with Gasteiger partial charge in [-0.3, -0.25) is 0 Å². The van der Waals surface area contributed by atoms with Crippen LogP contribution in [0.25, 0.3) is 0 Å². The van der Waals surface area contributed by atoms with Crippen molar-refractivity contribution in [2.45, 2.75) is 24.3 Å². The molecule has 1 aromatic rings. The predicted molar refractivity (Wildman–Crippen MR) is 74.5 cm³/mol. The molecule has 88 valence electrons. The van der Waals surface area contributed by atoms with E-state index in [0.717, 1.165) is 17.2 Å². The monoisotopic (exact) mass is 255 g/mol. The highest BCUT2D eigenvalue weighted by Crippen LogP contribution is 2.23. The second-order valence-corrected chi connectivity index (χ2v) is 5.45. The number of rotatable bonds is 6. The van der Waals surface area contributed by atoms with Crippen molar-refractivity contribution in [3.63, 3.8) is 0 Å². The molecule has 0 bridgehead atoms. The number of nitrogens with one attached hydrogen (secondary N) is 1. The number of thioether (sulfide) groups is 1. The first-order valence-electron chi connectivity index (χ1n) is 5.32. The van der Waals surface area contributed by atoms with Crippen LogP contribution in [0.3, 0.4) is 0 Å². The molecule has 1 atom stereocenters. The van der Waals surface area contributed by atoms with Crippen molar-refractivity contribution >= 4 is 23.4 Å². The Morgan fingerprint density at radius 1 is 1.56 bits per heavy atom. The molecule has 0 amide bonds. The van der Waals surface area contributed by atoms with Gasteiger partial charge >= 0.3 is 0 Å². The van der Waals surface area contributed by atoms with Gasteiger partial charge in [0.15, 0.2) is 0 Å². The fourth-order valence-electron chi connectivity index (χ4n) is 1.42. The third-order valence-electron chi connectivity index (χ3n) is 2.25. The summed E-state index contributed by atoms with van der Waals surface area (Å²) in [5.74, 6) is 1.03. The molecular formula is C13H18ClNS. The molecule has 0 heterocycles. The maximum absolute atomic E-state index is 5.94. The molecule has 1 unspecified atom stereocenters. The van der Waals surface area contributed by atoms with E-state index in [-0.39, 0.29) is 0 Å². The Labute approximate surface area is 107 Å². The van der Waals surface area contributed by atoms with Crippen LogP contribution in [0.5, 0.6) is 0 Å². The summed E-state index contributed by atoms with van der Waals surface area (Å²) in [4.78, 5) is 1.22. The van der Waals surface area contributed by atoms with E-state index in [1.807, 2.05) is 37.0 Å². The van der Waals surface area contributed by atoms with Crippen LogP contribution in [-0.2, 0) is 0 Å². The standard InChI is InChI=1S/C13H18ClNS/c1-10(2)7-12(15-3)9-16-13-6-4-5-11(14)8-13/h4-6,8,12,15H,1,7,9H2,2-3H3. The number of benzene rings is 1. The van der Waals surface area contributed by atoms with Crippen molar-refractivity contribution in [2.75, 3.05) is 12.8 Å².